The number of carbonyl (C=O) groups is 1. The Morgan fingerprint density at radius 3 is 2.67 bits per heavy atom. The largest absolute Gasteiger partial charge is 0.351 e. The van der Waals surface area contributed by atoms with Crippen molar-refractivity contribution in [2.75, 3.05) is 5.32 Å². The van der Waals surface area contributed by atoms with E-state index >= 15 is 0 Å². The van der Waals surface area contributed by atoms with Crippen molar-refractivity contribution in [2.24, 2.45) is 5.73 Å². The Bertz CT molecular complexity index is 314. The van der Waals surface area contributed by atoms with Gasteiger partial charge in [-0.2, -0.15) is 0 Å². The van der Waals surface area contributed by atoms with Crippen LogP contribution in [0.3, 0.4) is 0 Å². The molecule has 5 heteroatoms. The first kappa shape index (κ1) is 8.45. The molecule has 0 aromatic heterocycles. The maximum atomic E-state index is 12.7. The number of hydrogen-bond donors (Lipinski definition) is 2. The highest BCUT2D eigenvalue weighted by Gasteiger charge is 2.07. The second-order valence-corrected chi connectivity index (χ2v) is 2.09. The Balaban J connectivity index is 3.00. The first-order valence-electron chi connectivity index (χ1n) is 3.11. The van der Waals surface area contributed by atoms with Crippen LogP contribution in [0.15, 0.2) is 18.2 Å². The number of rotatable bonds is 1. The summed E-state index contributed by atoms with van der Waals surface area (Å²) in [4.78, 5) is 10.3. The Morgan fingerprint density at radius 2 is 2.08 bits per heavy atom. The average Bonchev–Trinajstić information content (AvgIpc) is 1.98. The second kappa shape index (κ2) is 3.17. The Labute approximate surface area is 67.2 Å². The van der Waals surface area contributed by atoms with Crippen molar-refractivity contribution in [2.45, 2.75) is 0 Å². The van der Waals surface area contributed by atoms with Gasteiger partial charge in [0.2, 0.25) is 0 Å². The maximum Gasteiger partial charge on any atom is 0.316 e. The number of benzene rings is 1. The van der Waals surface area contributed by atoms with Crippen LogP contribution in [0.1, 0.15) is 0 Å². The van der Waals surface area contributed by atoms with Crippen LogP contribution in [0.2, 0.25) is 0 Å². The molecule has 0 fully saturated rings. The summed E-state index contributed by atoms with van der Waals surface area (Å²) in [5.74, 6) is -2.14. The van der Waals surface area contributed by atoms with E-state index in [0.29, 0.717) is 0 Å². The van der Waals surface area contributed by atoms with Crippen LogP contribution in [-0.2, 0) is 0 Å². The lowest BCUT2D eigenvalue weighted by Gasteiger charge is -2.02. The van der Waals surface area contributed by atoms with Gasteiger partial charge in [-0.05, 0) is 12.1 Å². The summed E-state index contributed by atoms with van der Waals surface area (Å²) in [6.45, 7) is 0. The third kappa shape index (κ3) is 1.69. The first-order chi connectivity index (χ1) is 5.61. The molecule has 0 saturated carbocycles. The van der Waals surface area contributed by atoms with Crippen LogP contribution in [-0.4, -0.2) is 6.03 Å². The van der Waals surface area contributed by atoms with Crippen molar-refractivity contribution in [3.63, 3.8) is 0 Å². The SMILES string of the molecule is NC(=O)Nc1cccc(F)c1F. The minimum Gasteiger partial charge on any atom is -0.351 e. The number of carbonyl (C=O) groups excluding carboxylic acids is 1. The molecule has 3 N–H and O–H groups in total. The zero-order valence-electron chi connectivity index (χ0n) is 5.97. The summed E-state index contributed by atoms with van der Waals surface area (Å²) >= 11 is 0. The zero-order valence-corrected chi connectivity index (χ0v) is 5.97. The van der Waals surface area contributed by atoms with Gasteiger partial charge in [0.15, 0.2) is 11.6 Å². The molecular weight excluding hydrogens is 166 g/mol. The number of halogens is 2. The van der Waals surface area contributed by atoms with E-state index in [2.05, 4.69) is 0 Å². The molecule has 12 heavy (non-hydrogen) atoms. The predicted octanol–water partition coefficient (Wildman–Crippen LogP) is 1.46. The molecule has 1 rings (SSSR count). The van der Waals surface area contributed by atoms with Crippen molar-refractivity contribution in [1.29, 1.82) is 0 Å². The minimum atomic E-state index is -1.11. The molecule has 64 valence electrons. The predicted molar refractivity (Wildman–Crippen MR) is 39.6 cm³/mol. The third-order valence-electron chi connectivity index (χ3n) is 1.21. The van der Waals surface area contributed by atoms with Gasteiger partial charge in [0.05, 0.1) is 5.69 Å². The molecule has 3 nitrogen and oxygen atoms in total. The molecule has 2 amide bonds. The summed E-state index contributed by atoms with van der Waals surface area (Å²) < 4.78 is 25.2. The fraction of sp³-hybridized carbons (Fsp3) is 0. The van der Waals surface area contributed by atoms with Gasteiger partial charge in [0.1, 0.15) is 0 Å². The molecule has 0 atom stereocenters. The molecule has 0 heterocycles. The lowest BCUT2D eigenvalue weighted by atomic mass is 10.3. The van der Waals surface area contributed by atoms with E-state index in [0.717, 1.165) is 6.07 Å². The van der Waals surface area contributed by atoms with E-state index in [4.69, 9.17) is 5.73 Å². The van der Waals surface area contributed by atoms with Crippen LogP contribution in [0.4, 0.5) is 19.3 Å². The Hall–Kier alpha value is -1.65. The summed E-state index contributed by atoms with van der Waals surface area (Å²) in [6.07, 6.45) is 0. The Kier molecular flexibility index (Phi) is 2.23. The number of anilines is 1. The highest BCUT2D eigenvalue weighted by Crippen LogP contribution is 2.15. The van der Waals surface area contributed by atoms with Crippen molar-refractivity contribution >= 4 is 11.7 Å². The molecule has 0 bridgehead atoms. The van der Waals surface area contributed by atoms with Crippen molar-refractivity contribution in [1.82, 2.24) is 0 Å². The fourth-order valence-electron chi connectivity index (χ4n) is 0.733. The molecular formula is C7H6F2N2O. The molecule has 1 aromatic carbocycles. The minimum absolute atomic E-state index is 0.262. The van der Waals surface area contributed by atoms with Crippen LogP contribution in [0.25, 0.3) is 0 Å². The molecule has 0 saturated heterocycles. The number of amides is 2. The fourth-order valence-corrected chi connectivity index (χ4v) is 0.733. The molecule has 0 aliphatic heterocycles. The van der Waals surface area contributed by atoms with E-state index in [1.807, 2.05) is 5.32 Å². The molecule has 0 radical (unpaired) electrons. The Morgan fingerprint density at radius 1 is 1.42 bits per heavy atom. The standard InChI is InChI=1S/C7H6F2N2O/c8-4-2-1-3-5(6(4)9)11-7(10)12/h1-3H,(H3,10,11,12). The second-order valence-electron chi connectivity index (χ2n) is 2.09. The maximum absolute atomic E-state index is 12.7. The van der Waals surface area contributed by atoms with Gasteiger partial charge in [-0.15, -0.1) is 0 Å². The molecule has 0 aliphatic rings. The normalized spacial score (nSPS) is 9.50. The summed E-state index contributed by atoms with van der Waals surface area (Å²) in [5, 5.41) is 1.94. The summed E-state index contributed by atoms with van der Waals surface area (Å²) in [6, 6.07) is 2.49. The van der Waals surface area contributed by atoms with Crippen LogP contribution in [0, 0.1) is 11.6 Å². The van der Waals surface area contributed by atoms with Crippen molar-refractivity contribution < 1.29 is 13.6 Å². The van der Waals surface area contributed by atoms with Gasteiger partial charge < -0.3 is 11.1 Å². The highest BCUT2D eigenvalue weighted by atomic mass is 19.2. The van der Waals surface area contributed by atoms with Crippen LogP contribution >= 0.6 is 0 Å². The molecule has 1 aromatic rings. The topological polar surface area (TPSA) is 55.1 Å². The average molecular weight is 172 g/mol. The van der Waals surface area contributed by atoms with Crippen LogP contribution < -0.4 is 11.1 Å². The lowest BCUT2D eigenvalue weighted by molar-refractivity contribution is 0.259. The van der Waals surface area contributed by atoms with Gasteiger partial charge in [-0.3, -0.25) is 0 Å². The highest BCUT2D eigenvalue weighted by molar-refractivity contribution is 5.87. The van der Waals surface area contributed by atoms with E-state index in [1.165, 1.54) is 12.1 Å². The summed E-state index contributed by atoms with van der Waals surface area (Å²) in [5.41, 5.74) is 4.44. The number of nitrogens with one attached hydrogen (secondary N) is 1. The zero-order chi connectivity index (χ0) is 9.14. The van der Waals surface area contributed by atoms with Gasteiger partial charge >= 0.3 is 6.03 Å². The molecule has 0 unspecified atom stereocenters. The van der Waals surface area contributed by atoms with E-state index in [9.17, 15) is 13.6 Å². The van der Waals surface area contributed by atoms with Crippen LogP contribution in [0.5, 0.6) is 0 Å². The smallest absolute Gasteiger partial charge is 0.316 e. The quantitative estimate of drug-likeness (QED) is 0.661. The summed E-state index contributed by atoms with van der Waals surface area (Å²) in [7, 11) is 0. The van der Waals surface area contributed by atoms with Gasteiger partial charge in [-0.1, -0.05) is 6.07 Å². The molecule has 0 spiro atoms. The van der Waals surface area contributed by atoms with Crippen molar-refractivity contribution in [3.8, 4) is 0 Å². The first-order valence-corrected chi connectivity index (χ1v) is 3.11. The number of primary amides is 1. The van der Waals surface area contributed by atoms with Gasteiger partial charge in [0.25, 0.3) is 0 Å². The van der Waals surface area contributed by atoms with E-state index < -0.39 is 17.7 Å². The number of hydrogen-bond acceptors (Lipinski definition) is 1. The number of urea groups is 1. The van der Waals surface area contributed by atoms with Crippen molar-refractivity contribution in [3.05, 3.63) is 29.8 Å². The third-order valence-corrected chi connectivity index (χ3v) is 1.21. The van der Waals surface area contributed by atoms with Gasteiger partial charge in [0, 0.05) is 0 Å². The van der Waals surface area contributed by atoms with Gasteiger partial charge in [-0.25, -0.2) is 13.6 Å². The number of nitrogens with two attached hydrogens (primary N) is 1. The monoisotopic (exact) mass is 172 g/mol. The van der Waals surface area contributed by atoms with E-state index in [-0.39, 0.29) is 5.69 Å². The molecule has 0 aliphatic carbocycles. The van der Waals surface area contributed by atoms with E-state index in [1.54, 1.807) is 0 Å². The lowest BCUT2D eigenvalue weighted by Crippen LogP contribution is -2.20.